The van der Waals surface area contributed by atoms with Gasteiger partial charge < -0.3 is 33.9 Å². The highest BCUT2D eigenvalue weighted by molar-refractivity contribution is 5.93. The number of benzene rings is 1. The SMILES string of the molecule is CCCCN(CC(=O)N(CCOC)Cc1cccn1C)C(=O)Nc1ccc(OC)cc1OC. The van der Waals surface area contributed by atoms with E-state index in [1.54, 1.807) is 42.2 Å². The van der Waals surface area contributed by atoms with E-state index in [-0.39, 0.29) is 18.5 Å². The monoisotopic (exact) mass is 460 g/mol. The Kier molecular flexibility index (Phi) is 10.6. The third-order valence-corrected chi connectivity index (χ3v) is 5.37. The summed E-state index contributed by atoms with van der Waals surface area (Å²) < 4.78 is 17.8. The number of nitrogens with one attached hydrogen (secondary N) is 1. The number of carbonyl (C=O) groups is 2. The van der Waals surface area contributed by atoms with Gasteiger partial charge in [-0.1, -0.05) is 13.3 Å². The van der Waals surface area contributed by atoms with Crippen LogP contribution in [0.5, 0.6) is 11.5 Å². The van der Waals surface area contributed by atoms with E-state index in [0.717, 1.165) is 18.5 Å². The van der Waals surface area contributed by atoms with Crippen LogP contribution in [0.4, 0.5) is 10.5 Å². The Labute approximate surface area is 196 Å². The van der Waals surface area contributed by atoms with Crippen molar-refractivity contribution in [2.45, 2.75) is 26.3 Å². The van der Waals surface area contributed by atoms with Gasteiger partial charge >= 0.3 is 6.03 Å². The first-order valence-electron chi connectivity index (χ1n) is 11.1. The second-order valence-electron chi connectivity index (χ2n) is 7.69. The molecule has 0 aliphatic heterocycles. The summed E-state index contributed by atoms with van der Waals surface area (Å²) in [6, 6.07) is 8.72. The van der Waals surface area contributed by atoms with E-state index >= 15 is 0 Å². The number of rotatable bonds is 13. The fourth-order valence-electron chi connectivity index (χ4n) is 3.31. The van der Waals surface area contributed by atoms with Crippen LogP contribution in [0, 0.1) is 0 Å². The first-order valence-corrected chi connectivity index (χ1v) is 11.1. The lowest BCUT2D eigenvalue weighted by atomic mass is 10.2. The van der Waals surface area contributed by atoms with Crippen LogP contribution in [0.15, 0.2) is 36.5 Å². The molecule has 2 rings (SSSR count). The Morgan fingerprint density at radius 1 is 1.06 bits per heavy atom. The first-order chi connectivity index (χ1) is 15.9. The molecule has 9 heteroatoms. The third-order valence-electron chi connectivity index (χ3n) is 5.37. The molecule has 0 atom stereocenters. The van der Waals surface area contributed by atoms with Gasteiger partial charge in [-0.3, -0.25) is 4.79 Å². The van der Waals surface area contributed by atoms with E-state index in [4.69, 9.17) is 14.2 Å². The van der Waals surface area contributed by atoms with Crippen molar-refractivity contribution in [2.75, 3.05) is 52.9 Å². The molecule has 0 spiro atoms. The summed E-state index contributed by atoms with van der Waals surface area (Å²) in [6.07, 6.45) is 3.63. The Bertz CT molecular complexity index is 899. The number of anilines is 1. The summed E-state index contributed by atoms with van der Waals surface area (Å²) in [5, 5.41) is 2.87. The summed E-state index contributed by atoms with van der Waals surface area (Å²) in [4.78, 5) is 29.6. The van der Waals surface area contributed by atoms with Gasteiger partial charge in [-0.2, -0.15) is 0 Å². The predicted octanol–water partition coefficient (Wildman–Crippen LogP) is 3.35. The average Bonchev–Trinajstić information content (AvgIpc) is 3.23. The molecule has 0 saturated carbocycles. The highest BCUT2D eigenvalue weighted by Crippen LogP contribution is 2.29. The molecular formula is C24H36N4O5. The van der Waals surface area contributed by atoms with Gasteiger partial charge in [-0.25, -0.2) is 4.79 Å². The second kappa shape index (κ2) is 13.4. The van der Waals surface area contributed by atoms with Gasteiger partial charge in [0, 0.05) is 45.2 Å². The number of ether oxygens (including phenoxy) is 3. The number of hydrogen-bond acceptors (Lipinski definition) is 5. The Balaban J connectivity index is 2.15. The molecule has 0 aliphatic carbocycles. The largest absolute Gasteiger partial charge is 0.497 e. The van der Waals surface area contributed by atoms with Crippen molar-refractivity contribution in [2.24, 2.45) is 7.05 Å². The number of urea groups is 1. The molecule has 33 heavy (non-hydrogen) atoms. The van der Waals surface area contributed by atoms with Crippen LogP contribution in [-0.4, -0.2) is 73.9 Å². The number of carbonyl (C=O) groups excluding carboxylic acids is 2. The number of methoxy groups -OCH3 is 3. The van der Waals surface area contributed by atoms with E-state index in [2.05, 4.69) is 5.32 Å². The molecule has 0 saturated heterocycles. The molecule has 0 unspecified atom stereocenters. The number of aromatic nitrogens is 1. The average molecular weight is 461 g/mol. The minimum atomic E-state index is -0.356. The molecule has 1 N–H and O–H groups in total. The number of aryl methyl sites for hydroxylation is 1. The fraction of sp³-hybridized carbons (Fsp3) is 0.500. The number of amides is 3. The molecule has 0 aliphatic rings. The lowest BCUT2D eigenvalue weighted by Crippen LogP contribution is -2.45. The van der Waals surface area contributed by atoms with Crippen molar-refractivity contribution in [1.82, 2.24) is 14.4 Å². The van der Waals surface area contributed by atoms with Gasteiger partial charge in [0.15, 0.2) is 0 Å². The quantitative estimate of drug-likeness (QED) is 0.496. The predicted molar refractivity (Wildman–Crippen MR) is 128 cm³/mol. The van der Waals surface area contributed by atoms with Crippen molar-refractivity contribution < 1.29 is 23.8 Å². The summed E-state index contributed by atoms with van der Waals surface area (Å²) in [5.41, 5.74) is 1.52. The molecule has 1 aromatic heterocycles. The van der Waals surface area contributed by atoms with Crippen molar-refractivity contribution in [1.29, 1.82) is 0 Å². The molecule has 2 aromatic rings. The van der Waals surface area contributed by atoms with Gasteiger partial charge in [-0.05, 0) is 30.7 Å². The van der Waals surface area contributed by atoms with E-state index in [0.29, 0.717) is 43.4 Å². The molecule has 0 radical (unpaired) electrons. The normalized spacial score (nSPS) is 10.6. The zero-order valence-corrected chi connectivity index (χ0v) is 20.3. The van der Waals surface area contributed by atoms with Gasteiger partial charge in [0.2, 0.25) is 5.91 Å². The maximum Gasteiger partial charge on any atom is 0.322 e. The summed E-state index contributed by atoms with van der Waals surface area (Å²) >= 11 is 0. The molecule has 0 bridgehead atoms. The van der Waals surface area contributed by atoms with Crippen LogP contribution in [-0.2, 0) is 23.1 Å². The van der Waals surface area contributed by atoms with Crippen LogP contribution in [0.2, 0.25) is 0 Å². The fourth-order valence-corrected chi connectivity index (χ4v) is 3.31. The molecular weight excluding hydrogens is 424 g/mol. The summed E-state index contributed by atoms with van der Waals surface area (Å²) in [5.74, 6) is 0.966. The third kappa shape index (κ3) is 7.71. The standard InChI is InChI=1S/C24H36N4O5/c1-6-7-13-28(24(30)25-21-11-10-20(32-4)16-22(21)33-5)18-23(29)27(14-15-31-3)17-19-9-8-12-26(19)2/h8-12,16H,6-7,13-15,17-18H2,1-5H3,(H,25,30). The molecule has 3 amide bonds. The first kappa shape index (κ1) is 26.1. The second-order valence-corrected chi connectivity index (χ2v) is 7.69. The smallest absolute Gasteiger partial charge is 0.322 e. The molecule has 1 aromatic carbocycles. The van der Waals surface area contributed by atoms with Gasteiger partial charge in [0.1, 0.15) is 18.0 Å². The van der Waals surface area contributed by atoms with Crippen LogP contribution >= 0.6 is 0 Å². The highest BCUT2D eigenvalue weighted by Gasteiger charge is 2.22. The van der Waals surface area contributed by atoms with Gasteiger partial charge in [0.05, 0.1) is 33.1 Å². The Hall–Kier alpha value is -3.20. The van der Waals surface area contributed by atoms with Crippen LogP contribution in [0.1, 0.15) is 25.5 Å². The zero-order chi connectivity index (χ0) is 24.2. The molecule has 9 nitrogen and oxygen atoms in total. The Morgan fingerprint density at radius 2 is 1.85 bits per heavy atom. The molecule has 0 fully saturated rings. The van der Waals surface area contributed by atoms with E-state index in [1.165, 1.54) is 7.11 Å². The molecule has 1 heterocycles. The van der Waals surface area contributed by atoms with Gasteiger partial charge in [-0.15, -0.1) is 0 Å². The van der Waals surface area contributed by atoms with Crippen molar-refractivity contribution >= 4 is 17.6 Å². The lowest BCUT2D eigenvalue weighted by molar-refractivity contribution is -0.133. The van der Waals surface area contributed by atoms with Crippen molar-refractivity contribution in [3.05, 3.63) is 42.2 Å². The summed E-state index contributed by atoms with van der Waals surface area (Å²) in [6.45, 7) is 3.79. The lowest BCUT2D eigenvalue weighted by Gasteiger charge is -2.28. The van der Waals surface area contributed by atoms with Crippen LogP contribution in [0.3, 0.4) is 0 Å². The van der Waals surface area contributed by atoms with E-state index in [1.807, 2.05) is 36.9 Å². The number of unbranched alkanes of at least 4 members (excludes halogenated alkanes) is 1. The maximum atomic E-state index is 13.2. The molecule has 182 valence electrons. The van der Waals surface area contributed by atoms with Crippen molar-refractivity contribution in [3.63, 3.8) is 0 Å². The minimum absolute atomic E-state index is 0.0293. The van der Waals surface area contributed by atoms with Crippen LogP contribution < -0.4 is 14.8 Å². The summed E-state index contributed by atoms with van der Waals surface area (Å²) in [7, 11) is 6.64. The number of nitrogens with zero attached hydrogens (tertiary/aromatic N) is 3. The zero-order valence-electron chi connectivity index (χ0n) is 20.3. The topological polar surface area (TPSA) is 85.3 Å². The minimum Gasteiger partial charge on any atom is -0.497 e. The highest BCUT2D eigenvalue weighted by atomic mass is 16.5. The van der Waals surface area contributed by atoms with Crippen molar-refractivity contribution in [3.8, 4) is 11.5 Å². The van der Waals surface area contributed by atoms with Crippen LogP contribution in [0.25, 0.3) is 0 Å². The van der Waals surface area contributed by atoms with Gasteiger partial charge in [0.25, 0.3) is 0 Å². The Morgan fingerprint density at radius 3 is 2.45 bits per heavy atom. The number of hydrogen-bond donors (Lipinski definition) is 1. The van der Waals surface area contributed by atoms with E-state index in [9.17, 15) is 9.59 Å². The van der Waals surface area contributed by atoms with E-state index < -0.39 is 0 Å². The maximum absolute atomic E-state index is 13.2.